The first-order valence-corrected chi connectivity index (χ1v) is 12.2. The van der Waals surface area contributed by atoms with Gasteiger partial charge in [0.2, 0.25) is 0 Å². The molecule has 2 rings (SSSR count). The number of ether oxygens (including phenoxy) is 1. The van der Waals surface area contributed by atoms with E-state index in [1.165, 1.54) is 76.2 Å². The maximum Gasteiger partial charge on any atom is 0.119 e. The van der Waals surface area contributed by atoms with Gasteiger partial charge >= 0.3 is 0 Å². The smallest absolute Gasteiger partial charge is 0.119 e. The summed E-state index contributed by atoms with van der Waals surface area (Å²) in [5, 5.41) is 0. The molecule has 2 aromatic carbocycles. The van der Waals surface area contributed by atoms with Gasteiger partial charge in [-0.3, -0.25) is 4.99 Å². The summed E-state index contributed by atoms with van der Waals surface area (Å²) in [6.07, 6.45) is 17.7. The molecule has 0 aliphatic rings. The van der Waals surface area contributed by atoms with Crippen LogP contribution in [0.1, 0.15) is 95.6 Å². The first-order valence-electron chi connectivity index (χ1n) is 12.2. The highest BCUT2D eigenvalue weighted by atomic mass is 16.5. The molecule has 0 aromatic heterocycles. The minimum atomic E-state index is 0.798. The van der Waals surface area contributed by atoms with Gasteiger partial charge in [-0.25, -0.2) is 0 Å². The summed E-state index contributed by atoms with van der Waals surface area (Å²) in [4.78, 5) is 4.61. The zero-order valence-electron chi connectivity index (χ0n) is 19.2. The third kappa shape index (κ3) is 10.6. The largest absolute Gasteiger partial charge is 0.494 e. The van der Waals surface area contributed by atoms with Gasteiger partial charge in [-0.2, -0.15) is 0 Å². The van der Waals surface area contributed by atoms with E-state index in [1.54, 1.807) is 0 Å². The standard InChI is InChI=1S/C28H41NO/c1-3-5-7-8-9-10-11-12-14-25-15-19-27(20-16-25)29-24-26-17-21-28(22-18-26)30-23-13-6-4-2/h15-22,24H,3-14,23H2,1-2H3. The van der Waals surface area contributed by atoms with Gasteiger partial charge in [-0.05, 0) is 66.8 Å². The molecule has 0 bridgehead atoms. The van der Waals surface area contributed by atoms with E-state index in [1.807, 2.05) is 18.3 Å². The molecule has 0 radical (unpaired) electrons. The topological polar surface area (TPSA) is 21.6 Å². The molecule has 0 saturated carbocycles. The third-order valence-corrected chi connectivity index (χ3v) is 5.51. The quantitative estimate of drug-likeness (QED) is 0.201. The molecule has 0 N–H and O–H groups in total. The van der Waals surface area contributed by atoms with Crippen LogP contribution >= 0.6 is 0 Å². The Morgan fingerprint density at radius 1 is 0.667 bits per heavy atom. The number of aryl methyl sites for hydroxylation is 1. The van der Waals surface area contributed by atoms with E-state index in [4.69, 9.17) is 4.74 Å². The molecule has 0 aliphatic carbocycles. The molecular formula is C28H41NO. The normalized spacial score (nSPS) is 11.3. The van der Waals surface area contributed by atoms with Crippen LogP contribution in [0.4, 0.5) is 5.69 Å². The fraction of sp³-hybridized carbons (Fsp3) is 0.536. The van der Waals surface area contributed by atoms with E-state index >= 15 is 0 Å². The lowest BCUT2D eigenvalue weighted by atomic mass is 10.0. The number of aliphatic imine (C=N–C) groups is 1. The lowest BCUT2D eigenvalue weighted by molar-refractivity contribution is 0.306. The summed E-state index contributed by atoms with van der Waals surface area (Å²) in [7, 11) is 0. The lowest BCUT2D eigenvalue weighted by Gasteiger charge is -2.05. The molecule has 0 spiro atoms. The summed E-state index contributed by atoms with van der Waals surface area (Å²) >= 11 is 0. The van der Waals surface area contributed by atoms with Crippen molar-refractivity contribution in [3.63, 3.8) is 0 Å². The lowest BCUT2D eigenvalue weighted by Crippen LogP contribution is -1.96. The minimum absolute atomic E-state index is 0.798. The Kier molecular flexibility index (Phi) is 12.7. The fourth-order valence-electron chi connectivity index (χ4n) is 3.55. The summed E-state index contributed by atoms with van der Waals surface area (Å²) in [6.45, 7) is 5.28. The molecule has 0 fully saturated rings. The van der Waals surface area contributed by atoms with E-state index < -0.39 is 0 Å². The van der Waals surface area contributed by atoms with Crippen molar-refractivity contribution >= 4 is 11.9 Å². The highest BCUT2D eigenvalue weighted by Gasteiger charge is 1.97. The van der Waals surface area contributed by atoms with Crippen LogP contribution < -0.4 is 4.74 Å². The number of benzene rings is 2. The van der Waals surface area contributed by atoms with Gasteiger partial charge in [0.15, 0.2) is 0 Å². The molecule has 0 heterocycles. The van der Waals surface area contributed by atoms with E-state index in [2.05, 4.69) is 55.2 Å². The van der Waals surface area contributed by atoms with Crippen LogP contribution in [0.2, 0.25) is 0 Å². The van der Waals surface area contributed by atoms with E-state index in [-0.39, 0.29) is 0 Å². The Labute approximate surface area is 184 Å². The molecular weight excluding hydrogens is 366 g/mol. The van der Waals surface area contributed by atoms with Crippen LogP contribution in [0.15, 0.2) is 53.5 Å². The molecule has 164 valence electrons. The summed E-state index contributed by atoms with van der Waals surface area (Å²) < 4.78 is 5.76. The second kappa shape index (κ2) is 15.7. The SMILES string of the molecule is CCCCCCCCCCc1ccc(N=Cc2ccc(OCCCCC)cc2)cc1. The predicted molar refractivity (Wildman–Crippen MR) is 131 cm³/mol. The molecule has 0 saturated heterocycles. The minimum Gasteiger partial charge on any atom is -0.494 e. The Morgan fingerprint density at radius 2 is 1.27 bits per heavy atom. The number of unbranched alkanes of at least 4 members (excludes halogenated alkanes) is 9. The van der Waals surface area contributed by atoms with Crippen molar-refractivity contribution in [2.75, 3.05) is 6.61 Å². The number of rotatable bonds is 16. The van der Waals surface area contributed by atoms with E-state index in [0.29, 0.717) is 0 Å². The molecule has 2 nitrogen and oxygen atoms in total. The second-order valence-electron chi connectivity index (χ2n) is 8.27. The van der Waals surface area contributed by atoms with Gasteiger partial charge in [0.1, 0.15) is 5.75 Å². The van der Waals surface area contributed by atoms with Crippen LogP contribution in [0.25, 0.3) is 0 Å². The number of hydrogen-bond donors (Lipinski definition) is 0. The van der Waals surface area contributed by atoms with Crippen LogP contribution in [0.5, 0.6) is 5.75 Å². The summed E-state index contributed by atoms with van der Waals surface area (Å²) in [6, 6.07) is 16.9. The Hall–Kier alpha value is -2.09. The first kappa shape index (κ1) is 24.2. The Balaban J connectivity index is 1.66. The molecule has 2 heteroatoms. The Morgan fingerprint density at radius 3 is 1.93 bits per heavy atom. The van der Waals surface area contributed by atoms with Gasteiger partial charge < -0.3 is 4.74 Å². The van der Waals surface area contributed by atoms with Gasteiger partial charge in [0.25, 0.3) is 0 Å². The molecule has 0 unspecified atom stereocenters. The van der Waals surface area contributed by atoms with Crippen molar-refractivity contribution in [1.82, 2.24) is 0 Å². The maximum absolute atomic E-state index is 5.76. The van der Waals surface area contributed by atoms with Gasteiger partial charge in [0.05, 0.1) is 12.3 Å². The highest BCUT2D eigenvalue weighted by molar-refractivity contribution is 5.82. The molecule has 0 atom stereocenters. The van der Waals surface area contributed by atoms with Crippen molar-refractivity contribution in [3.8, 4) is 5.75 Å². The van der Waals surface area contributed by atoms with Crippen LogP contribution in [0.3, 0.4) is 0 Å². The fourth-order valence-corrected chi connectivity index (χ4v) is 3.55. The van der Waals surface area contributed by atoms with Gasteiger partial charge in [-0.15, -0.1) is 0 Å². The average Bonchev–Trinajstić information content (AvgIpc) is 2.79. The molecule has 30 heavy (non-hydrogen) atoms. The number of nitrogens with zero attached hydrogens (tertiary/aromatic N) is 1. The predicted octanol–water partition coefficient (Wildman–Crippen LogP) is 8.69. The average molecular weight is 408 g/mol. The highest BCUT2D eigenvalue weighted by Crippen LogP contribution is 2.17. The van der Waals surface area contributed by atoms with Crippen molar-refractivity contribution in [3.05, 3.63) is 59.7 Å². The molecule has 2 aromatic rings. The maximum atomic E-state index is 5.76. The van der Waals surface area contributed by atoms with Crippen molar-refractivity contribution in [2.45, 2.75) is 90.9 Å². The summed E-state index contributed by atoms with van der Waals surface area (Å²) in [5.74, 6) is 0.938. The van der Waals surface area contributed by atoms with Crippen LogP contribution in [0, 0.1) is 0 Å². The van der Waals surface area contributed by atoms with E-state index in [9.17, 15) is 0 Å². The first-order chi connectivity index (χ1) is 14.8. The van der Waals surface area contributed by atoms with Crippen molar-refractivity contribution < 1.29 is 4.74 Å². The van der Waals surface area contributed by atoms with Crippen LogP contribution in [-0.4, -0.2) is 12.8 Å². The molecule has 0 amide bonds. The monoisotopic (exact) mass is 407 g/mol. The van der Waals surface area contributed by atoms with Crippen LogP contribution in [-0.2, 0) is 6.42 Å². The summed E-state index contributed by atoms with van der Waals surface area (Å²) in [5.41, 5.74) is 3.53. The molecule has 0 aliphatic heterocycles. The Bertz CT molecular complexity index is 688. The zero-order valence-corrected chi connectivity index (χ0v) is 19.2. The van der Waals surface area contributed by atoms with Crippen molar-refractivity contribution in [2.24, 2.45) is 4.99 Å². The third-order valence-electron chi connectivity index (χ3n) is 5.51. The van der Waals surface area contributed by atoms with E-state index in [0.717, 1.165) is 30.0 Å². The second-order valence-corrected chi connectivity index (χ2v) is 8.27. The van der Waals surface area contributed by atoms with Crippen molar-refractivity contribution in [1.29, 1.82) is 0 Å². The number of hydrogen-bond acceptors (Lipinski definition) is 2. The van der Waals surface area contributed by atoms with Gasteiger partial charge in [0, 0.05) is 6.21 Å². The van der Waals surface area contributed by atoms with Gasteiger partial charge in [-0.1, -0.05) is 83.8 Å². The zero-order chi connectivity index (χ0) is 21.3.